The molecular formula is C8H11BrO2. The van der Waals surface area contributed by atoms with E-state index >= 15 is 0 Å². The molecule has 0 aliphatic heterocycles. The molecule has 11 heavy (non-hydrogen) atoms. The van der Waals surface area contributed by atoms with Crippen molar-refractivity contribution in [3.05, 3.63) is 24.3 Å². The van der Waals surface area contributed by atoms with Gasteiger partial charge in [0.25, 0.3) is 0 Å². The minimum atomic E-state index is -0.288. The lowest BCUT2D eigenvalue weighted by Gasteiger charge is -1.98. The molecule has 0 atom stereocenters. The second-order valence-corrected chi connectivity index (χ2v) is 2.44. The van der Waals surface area contributed by atoms with E-state index in [4.69, 9.17) is 0 Å². The molecule has 0 N–H and O–H groups in total. The molecule has 2 nitrogen and oxygen atoms in total. The number of carbonyl (C=O) groups is 1. The van der Waals surface area contributed by atoms with E-state index in [1.807, 2.05) is 0 Å². The van der Waals surface area contributed by atoms with Gasteiger partial charge in [-0.05, 0) is 6.42 Å². The molecule has 0 spiro atoms. The topological polar surface area (TPSA) is 26.3 Å². The number of rotatable bonds is 4. The van der Waals surface area contributed by atoms with Crippen LogP contribution in [0.2, 0.25) is 0 Å². The van der Waals surface area contributed by atoms with E-state index in [0.717, 1.165) is 0 Å². The van der Waals surface area contributed by atoms with E-state index in [9.17, 15) is 4.79 Å². The molecule has 0 saturated carbocycles. The molecule has 0 aliphatic carbocycles. The first kappa shape index (κ1) is 10.4. The molecule has 0 aromatic carbocycles. The Morgan fingerprint density at radius 1 is 1.73 bits per heavy atom. The molecule has 0 bridgehead atoms. The molecular weight excluding hydrogens is 208 g/mol. The van der Waals surface area contributed by atoms with Crippen LogP contribution < -0.4 is 0 Å². The average Bonchev–Trinajstić information content (AvgIpc) is 2.05. The van der Waals surface area contributed by atoms with E-state index in [1.165, 1.54) is 7.11 Å². The maximum Gasteiger partial charge on any atom is 0.334 e. The van der Waals surface area contributed by atoms with E-state index in [0.29, 0.717) is 17.3 Å². The summed E-state index contributed by atoms with van der Waals surface area (Å²) in [5.41, 5.74) is 0.632. The minimum Gasteiger partial charge on any atom is -0.466 e. The maximum atomic E-state index is 10.9. The van der Waals surface area contributed by atoms with Gasteiger partial charge in [-0.15, -0.1) is 6.58 Å². The van der Waals surface area contributed by atoms with Gasteiger partial charge in [-0.2, -0.15) is 0 Å². The number of alkyl halides is 1. The molecule has 0 unspecified atom stereocenters. The molecule has 3 heteroatoms. The summed E-state index contributed by atoms with van der Waals surface area (Å²) in [5, 5.41) is 0.521. The van der Waals surface area contributed by atoms with Crippen LogP contribution in [0.25, 0.3) is 0 Å². The monoisotopic (exact) mass is 218 g/mol. The van der Waals surface area contributed by atoms with Crippen molar-refractivity contribution in [2.24, 2.45) is 0 Å². The van der Waals surface area contributed by atoms with Crippen LogP contribution >= 0.6 is 15.9 Å². The van der Waals surface area contributed by atoms with E-state index in [-0.39, 0.29) is 5.97 Å². The van der Waals surface area contributed by atoms with Gasteiger partial charge in [-0.1, -0.05) is 28.1 Å². The third-order valence-electron chi connectivity index (χ3n) is 1.12. The minimum absolute atomic E-state index is 0.288. The first-order chi connectivity index (χ1) is 5.26. The summed E-state index contributed by atoms with van der Waals surface area (Å²) in [7, 11) is 1.37. The molecule has 0 aliphatic rings. The zero-order valence-corrected chi connectivity index (χ0v) is 8.06. The Morgan fingerprint density at radius 2 is 2.36 bits per heavy atom. The summed E-state index contributed by atoms with van der Waals surface area (Å²) < 4.78 is 4.53. The molecule has 0 fully saturated rings. The number of hydrogen-bond donors (Lipinski definition) is 0. The van der Waals surface area contributed by atoms with Crippen molar-refractivity contribution in [2.75, 3.05) is 12.4 Å². The lowest BCUT2D eigenvalue weighted by atomic mass is 10.2. The molecule has 0 aromatic rings. The van der Waals surface area contributed by atoms with Crippen LogP contribution in [-0.2, 0) is 9.53 Å². The van der Waals surface area contributed by atoms with Gasteiger partial charge in [-0.25, -0.2) is 4.79 Å². The second kappa shape index (κ2) is 6.16. The van der Waals surface area contributed by atoms with Crippen LogP contribution in [0, 0.1) is 0 Å². The van der Waals surface area contributed by atoms with Gasteiger partial charge in [0.1, 0.15) is 0 Å². The highest BCUT2D eigenvalue weighted by Gasteiger charge is 2.05. The molecule has 0 rings (SSSR count). The molecule has 0 radical (unpaired) electrons. The van der Waals surface area contributed by atoms with E-state index < -0.39 is 0 Å². The first-order valence-electron chi connectivity index (χ1n) is 3.20. The Bertz CT molecular complexity index is 173. The Balaban J connectivity index is 4.13. The van der Waals surface area contributed by atoms with Gasteiger partial charge in [0, 0.05) is 10.9 Å². The normalized spacial score (nSPS) is 10.9. The van der Waals surface area contributed by atoms with Crippen LogP contribution in [0.1, 0.15) is 6.42 Å². The number of hydrogen-bond acceptors (Lipinski definition) is 2. The van der Waals surface area contributed by atoms with Crippen LogP contribution in [-0.4, -0.2) is 18.4 Å². The van der Waals surface area contributed by atoms with Crippen LogP contribution in [0.15, 0.2) is 24.3 Å². The third kappa shape index (κ3) is 3.98. The van der Waals surface area contributed by atoms with Crippen molar-refractivity contribution >= 4 is 21.9 Å². The SMILES string of the molecule is C=CC/C=C(\CBr)C(=O)OC. The van der Waals surface area contributed by atoms with Crippen molar-refractivity contribution in [2.45, 2.75) is 6.42 Å². The standard InChI is InChI=1S/C8H11BrO2/c1-3-4-5-7(6-9)8(10)11-2/h3,5H,1,4,6H2,2H3/b7-5+. The predicted octanol–water partition coefficient (Wildman–Crippen LogP) is 2.06. The number of esters is 1. The second-order valence-electron chi connectivity index (χ2n) is 1.88. The summed E-state index contributed by atoms with van der Waals surface area (Å²) in [6.45, 7) is 3.54. The summed E-state index contributed by atoms with van der Waals surface area (Å²) in [6, 6.07) is 0. The number of halogens is 1. The summed E-state index contributed by atoms with van der Waals surface area (Å²) in [6.07, 6.45) is 4.20. The fourth-order valence-corrected chi connectivity index (χ4v) is 1.01. The maximum absolute atomic E-state index is 10.9. The quantitative estimate of drug-likeness (QED) is 0.313. The van der Waals surface area contributed by atoms with E-state index in [2.05, 4.69) is 27.2 Å². The number of methoxy groups -OCH3 is 1. The van der Waals surface area contributed by atoms with Crippen LogP contribution in [0.3, 0.4) is 0 Å². The predicted molar refractivity (Wildman–Crippen MR) is 48.7 cm³/mol. The summed E-state index contributed by atoms with van der Waals surface area (Å²) in [4.78, 5) is 10.9. The Morgan fingerprint density at radius 3 is 2.73 bits per heavy atom. The Labute approximate surface area is 75.1 Å². The third-order valence-corrected chi connectivity index (χ3v) is 1.73. The highest BCUT2D eigenvalue weighted by molar-refractivity contribution is 9.09. The molecule has 0 heterocycles. The zero-order valence-electron chi connectivity index (χ0n) is 6.47. The van der Waals surface area contributed by atoms with Crippen LogP contribution in [0.5, 0.6) is 0 Å². The van der Waals surface area contributed by atoms with Crippen molar-refractivity contribution < 1.29 is 9.53 Å². The molecule has 0 aromatic heterocycles. The van der Waals surface area contributed by atoms with Gasteiger partial charge in [-0.3, -0.25) is 0 Å². The van der Waals surface area contributed by atoms with Gasteiger partial charge in [0.05, 0.1) is 7.11 Å². The molecule has 62 valence electrons. The zero-order chi connectivity index (χ0) is 8.69. The Hall–Kier alpha value is -0.570. The van der Waals surface area contributed by atoms with Gasteiger partial charge in [0.2, 0.25) is 0 Å². The van der Waals surface area contributed by atoms with Gasteiger partial charge >= 0.3 is 5.97 Å². The smallest absolute Gasteiger partial charge is 0.334 e. The van der Waals surface area contributed by atoms with Crippen LogP contribution in [0.4, 0.5) is 0 Å². The van der Waals surface area contributed by atoms with Crippen molar-refractivity contribution in [3.63, 3.8) is 0 Å². The van der Waals surface area contributed by atoms with Crippen molar-refractivity contribution in [1.29, 1.82) is 0 Å². The molecule has 0 amide bonds. The lowest BCUT2D eigenvalue weighted by Crippen LogP contribution is -2.05. The van der Waals surface area contributed by atoms with Gasteiger partial charge < -0.3 is 4.74 Å². The fraction of sp³-hybridized carbons (Fsp3) is 0.375. The van der Waals surface area contributed by atoms with E-state index in [1.54, 1.807) is 12.2 Å². The highest BCUT2D eigenvalue weighted by atomic mass is 79.9. The average molecular weight is 219 g/mol. The lowest BCUT2D eigenvalue weighted by molar-refractivity contribution is -0.135. The number of carbonyl (C=O) groups excluding carboxylic acids is 1. The highest BCUT2D eigenvalue weighted by Crippen LogP contribution is 2.03. The number of ether oxygens (including phenoxy) is 1. The summed E-state index contributed by atoms with van der Waals surface area (Å²) in [5.74, 6) is -0.288. The first-order valence-corrected chi connectivity index (χ1v) is 4.32. The summed E-state index contributed by atoms with van der Waals surface area (Å²) >= 11 is 3.18. The molecule has 0 saturated heterocycles. The fourth-order valence-electron chi connectivity index (χ4n) is 0.549. The van der Waals surface area contributed by atoms with Gasteiger partial charge in [0.15, 0.2) is 0 Å². The van der Waals surface area contributed by atoms with Crippen molar-refractivity contribution in [3.8, 4) is 0 Å². The van der Waals surface area contributed by atoms with Crippen molar-refractivity contribution in [1.82, 2.24) is 0 Å². The number of allylic oxidation sites excluding steroid dienone is 2. The Kier molecular flexibility index (Phi) is 5.84. The largest absolute Gasteiger partial charge is 0.466 e.